The minimum Gasteiger partial charge on any atom is -0.537 e. The largest absolute Gasteiger partial charge is 0.569 e. The van der Waals surface area contributed by atoms with E-state index in [0.717, 1.165) is 5.56 Å². The molecule has 0 saturated carbocycles. The summed E-state index contributed by atoms with van der Waals surface area (Å²) in [5.74, 6) is 1.36. The summed E-state index contributed by atoms with van der Waals surface area (Å²) >= 11 is 3.50. The van der Waals surface area contributed by atoms with E-state index in [1.807, 2.05) is 25.1 Å². The molecule has 0 fully saturated rings. The number of rotatable bonds is 3. The van der Waals surface area contributed by atoms with E-state index in [0.29, 0.717) is 24.2 Å². The first-order chi connectivity index (χ1) is 14.6. The Hall–Kier alpha value is -1.78. The Balaban J connectivity index is 0.000000168. The number of halogens is 1. The van der Waals surface area contributed by atoms with Gasteiger partial charge >= 0.3 is 7.69 Å². The maximum Gasteiger partial charge on any atom is 0.569 e. The van der Waals surface area contributed by atoms with Crippen LogP contribution in [-0.2, 0) is 0 Å². The average Bonchev–Trinajstić information content (AvgIpc) is 2.78. The molecule has 2 aliphatic rings. The van der Waals surface area contributed by atoms with Crippen molar-refractivity contribution >= 4 is 23.6 Å². The molecule has 0 amide bonds. The molecule has 2 atom stereocenters. The number of alkyl halides is 1. The van der Waals surface area contributed by atoms with Gasteiger partial charge in [-0.15, -0.1) is 0 Å². The lowest BCUT2D eigenvalue weighted by Gasteiger charge is -2.18. The molecule has 0 aliphatic heterocycles. The van der Waals surface area contributed by atoms with Crippen LogP contribution in [0.3, 0.4) is 0 Å². The number of allylic oxidation sites excluding steroid dienone is 4. The highest BCUT2D eigenvalue weighted by Gasteiger charge is 2.11. The number of aryl methyl sites for hydroxylation is 2. The summed E-state index contributed by atoms with van der Waals surface area (Å²) in [7, 11) is 0.683. The second-order valence-electron chi connectivity index (χ2n) is 7.69. The Bertz CT molecular complexity index is 803. The van der Waals surface area contributed by atoms with E-state index in [1.54, 1.807) is 6.07 Å². The highest BCUT2D eigenvalue weighted by Crippen LogP contribution is 2.29. The van der Waals surface area contributed by atoms with E-state index >= 15 is 0 Å². The number of benzene rings is 2. The molecule has 159 valence electrons. The monoisotopic (exact) mass is 467 g/mol. The third kappa shape index (κ3) is 8.93. The fourth-order valence-electron chi connectivity index (χ4n) is 3.59. The lowest BCUT2D eigenvalue weighted by atomic mass is 9.87. The van der Waals surface area contributed by atoms with Crippen LogP contribution in [0, 0.1) is 13.8 Å². The molecule has 0 aromatic heterocycles. The van der Waals surface area contributed by atoms with Crippen LogP contribution in [0.2, 0.25) is 0 Å². The van der Waals surface area contributed by atoms with E-state index in [2.05, 4.69) is 71.4 Å². The molecule has 0 heterocycles. The van der Waals surface area contributed by atoms with Crippen LogP contribution in [0.4, 0.5) is 0 Å². The minimum atomic E-state index is 0.668. The van der Waals surface area contributed by atoms with Crippen molar-refractivity contribution in [2.24, 2.45) is 0 Å². The lowest BCUT2D eigenvalue weighted by molar-refractivity contribution is 0.452. The number of para-hydroxylation sites is 1. The van der Waals surface area contributed by atoms with Gasteiger partial charge < -0.3 is 9.68 Å². The normalized spacial score (nSPS) is 19.6. The maximum atomic E-state index is 8.30. The summed E-state index contributed by atoms with van der Waals surface area (Å²) < 4.78 is 4.77. The highest BCUT2D eigenvalue weighted by atomic mass is 79.9. The van der Waals surface area contributed by atoms with Gasteiger partial charge in [-0.3, -0.25) is 0 Å². The zero-order valence-corrected chi connectivity index (χ0v) is 19.7. The van der Waals surface area contributed by atoms with E-state index in [-0.39, 0.29) is 0 Å². The molecule has 4 rings (SSSR count). The summed E-state index contributed by atoms with van der Waals surface area (Å²) in [5.41, 5.74) is 3.95. The molecule has 2 aromatic rings. The molecule has 1 N–H and O–H groups in total. The standard InChI is InChI=1S/C13H16.C7H8BO2.C6H9Br/c1-11-7-5-6-10-13(11)12-8-3-2-4-9-12;1-6-4-2-3-5-7(6)10-8-9;7-6-4-2-1-3-5-6/h3,5-8,10,12H,2,4,9H2,1H3;2-5,9H,1H3;2,4,6H,1,3,5H2/t12-;;/m1../s1. The first kappa shape index (κ1) is 24.5. The number of hydrogen-bond acceptors (Lipinski definition) is 2. The van der Waals surface area contributed by atoms with Crippen LogP contribution < -0.4 is 4.65 Å². The predicted octanol–water partition coefficient (Wildman–Crippen LogP) is 7.21. The van der Waals surface area contributed by atoms with Gasteiger partial charge in [-0.2, -0.15) is 0 Å². The van der Waals surface area contributed by atoms with Crippen molar-refractivity contribution in [3.8, 4) is 5.75 Å². The summed E-state index contributed by atoms with van der Waals surface area (Å²) in [6.07, 6.45) is 17.0. The zero-order chi connectivity index (χ0) is 21.6. The van der Waals surface area contributed by atoms with Crippen molar-refractivity contribution in [3.05, 3.63) is 89.5 Å². The van der Waals surface area contributed by atoms with E-state index < -0.39 is 0 Å². The molecular formula is C26H33BBrO2. The van der Waals surface area contributed by atoms with Gasteiger partial charge in [0.05, 0.1) is 0 Å². The van der Waals surface area contributed by atoms with Crippen LogP contribution in [-0.4, -0.2) is 17.5 Å². The highest BCUT2D eigenvalue weighted by molar-refractivity contribution is 9.09. The van der Waals surface area contributed by atoms with Crippen LogP contribution in [0.5, 0.6) is 5.75 Å². The van der Waals surface area contributed by atoms with Crippen molar-refractivity contribution in [2.45, 2.75) is 63.1 Å². The van der Waals surface area contributed by atoms with Crippen LogP contribution >= 0.6 is 15.9 Å². The van der Waals surface area contributed by atoms with Crippen LogP contribution in [0.1, 0.15) is 61.1 Å². The molecule has 1 unspecified atom stereocenters. The quantitative estimate of drug-likeness (QED) is 0.293. The second kappa shape index (κ2) is 14.3. The van der Waals surface area contributed by atoms with E-state index in [1.165, 1.54) is 49.7 Å². The van der Waals surface area contributed by atoms with Gasteiger partial charge in [0.15, 0.2) is 0 Å². The number of hydrogen-bond donors (Lipinski definition) is 1. The third-order valence-electron chi connectivity index (χ3n) is 5.31. The maximum absolute atomic E-state index is 8.30. The first-order valence-electron chi connectivity index (χ1n) is 10.8. The van der Waals surface area contributed by atoms with Crippen molar-refractivity contribution in [3.63, 3.8) is 0 Å². The van der Waals surface area contributed by atoms with Crippen molar-refractivity contribution in [2.75, 3.05) is 0 Å². The lowest BCUT2D eigenvalue weighted by Crippen LogP contribution is -2.00. The molecule has 0 bridgehead atoms. The van der Waals surface area contributed by atoms with Crippen molar-refractivity contribution in [1.82, 2.24) is 0 Å². The van der Waals surface area contributed by atoms with E-state index in [9.17, 15) is 0 Å². The molecule has 2 aliphatic carbocycles. The molecule has 1 radical (unpaired) electrons. The topological polar surface area (TPSA) is 29.5 Å². The molecule has 2 aromatic carbocycles. The Morgan fingerprint density at radius 1 is 0.867 bits per heavy atom. The Labute approximate surface area is 191 Å². The fraction of sp³-hybridized carbons (Fsp3) is 0.385. The van der Waals surface area contributed by atoms with Crippen molar-refractivity contribution in [1.29, 1.82) is 0 Å². The SMILES string of the molecule is BrC1C=CCCC1.Cc1ccccc1O[B]O.Cc1ccccc1[C@@H]1C=CCCC1. The second-order valence-corrected chi connectivity index (χ2v) is 8.86. The predicted molar refractivity (Wildman–Crippen MR) is 132 cm³/mol. The van der Waals surface area contributed by atoms with Crippen LogP contribution in [0.15, 0.2) is 72.8 Å². The van der Waals surface area contributed by atoms with Gasteiger partial charge in [0.25, 0.3) is 0 Å². The van der Waals surface area contributed by atoms with Crippen molar-refractivity contribution < 1.29 is 9.68 Å². The molecule has 0 spiro atoms. The average molecular weight is 468 g/mol. The zero-order valence-electron chi connectivity index (χ0n) is 18.1. The van der Waals surface area contributed by atoms with E-state index in [4.69, 9.17) is 9.68 Å². The van der Waals surface area contributed by atoms with Gasteiger partial charge in [-0.1, -0.05) is 82.7 Å². The van der Waals surface area contributed by atoms with Gasteiger partial charge in [-0.05, 0) is 75.1 Å². The molecule has 0 saturated heterocycles. The Morgan fingerprint density at radius 2 is 1.50 bits per heavy atom. The summed E-state index contributed by atoms with van der Waals surface area (Å²) in [4.78, 5) is 0.668. The van der Waals surface area contributed by atoms with Gasteiger partial charge in [0, 0.05) is 10.7 Å². The third-order valence-corrected chi connectivity index (χ3v) is 6.07. The minimum absolute atomic E-state index is 0.668. The van der Waals surface area contributed by atoms with Gasteiger partial charge in [0.2, 0.25) is 0 Å². The summed E-state index contributed by atoms with van der Waals surface area (Å²) in [6, 6.07) is 16.2. The summed E-state index contributed by atoms with van der Waals surface area (Å²) in [6.45, 7) is 4.12. The first-order valence-corrected chi connectivity index (χ1v) is 11.7. The Kier molecular flexibility index (Phi) is 11.6. The molecule has 2 nitrogen and oxygen atoms in total. The molecule has 4 heteroatoms. The molecule has 30 heavy (non-hydrogen) atoms. The van der Waals surface area contributed by atoms with Gasteiger partial charge in [-0.25, -0.2) is 0 Å². The fourth-order valence-corrected chi connectivity index (χ4v) is 4.13. The van der Waals surface area contributed by atoms with Crippen LogP contribution in [0.25, 0.3) is 0 Å². The Morgan fingerprint density at radius 3 is 2.00 bits per heavy atom. The van der Waals surface area contributed by atoms with Gasteiger partial charge in [0.1, 0.15) is 5.75 Å². The smallest absolute Gasteiger partial charge is 0.537 e. The molecular weight excluding hydrogens is 435 g/mol. The summed E-state index contributed by atoms with van der Waals surface area (Å²) in [5, 5.41) is 8.30.